The van der Waals surface area contributed by atoms with Gasteiger partial charge in [0.1, 0.15) is 11.9 Å². The van der Waals surface area contributed by atoms with Crippen LogP contribution >= 0.6 is 11.3 Å². The molecule has 0 spiro atoms. The van der Waals surface area contributed by atoms with E-state index in [-0.39, 0.29) is 17.8 Å². The molecule has 1 unspecified atom stereocenters. The number of ether oxygens (including phenoxy) is 1. The van der Waals surface area contributed by atoms with Crippen LogP contribution in [0.2, 0.25) is 0 Å². The monoisotopic (exact) mass is 321 g/mol. The molecular formula is C15H16FN3O2S. The number of aryl methyl sites for hydroxylation is 1. The van der Waals surface area contributed by atoms with E-state index in [1.807, 2.05) is 6.92 Å². The molecule has 116 valence electrons. The van der Waals surface area contributed by atoms with Crippen molar-refractivity contribution in [2.75, 3.05) is 25.1 Å². The van der Waals surface area contributed by atoms with Gasteiger partial charge < -0.3 is 15.4 Å². The second-order valence-electron chi connectivity index (χ2n) is 5.00. The predicted molar refractivity (Wildman–Crippen MR) is 83.5 cm³/mol. The first-order valence-electron chi connectivity index (χ1n) is 6.99. The van der Waals surface area contributed by atoms with Crippen molar-refractivity contribution in [2.45, 2.75) is 13.0 Å². The molecule has 7 heteroatoms. The Balaban J connectivity index is 1.74. The minimum Gasteiger partial charge on any atom is -0.378 e. The Bertz CT molecular complexity index is 666. The molecule has 1 aliphatic rings. The van der Waals surface area contributed by atoms with Crippen molar-refractivity contribution in [1.29, 1.82) is 0 Å². The quantitative estimate of drug-likeness (QED) is 0.909. The Labute approximate surface area is 131 Å². The number of rotatable bonds is 3. The smallest absolute Gasteiger partial charge is 0.245 e. The number of benzene rings is 1. The van der Waals surface area contributed by atoms with Crippen molar-refractivity contribution in [3.8, 4) is 11.3 Å². The highest BCUT2D eigenvalue weighted by Crippen LogP contribution is 2.30. The van der Waals surface area contributed by atoms with E-state index >= 15 is 0 Å². The van der Waals surface area contributed by atoms with Gasteiger partial charge in [-0.05, 0) is 31.2 Å². The van der Waals surface area contributed by atoms with E-state index in [0.29, 0.717) is 24.9 Å². The topological polar surface area (TPSA) is 63.2 Å². The first-order valence-corrected chi connectivity index (χ1v) is 7.80. The van der Waals surface area contributed by atoms with Gasteiger partial charge in [0.25, 0.3) is 0 Å². The van der Waals surface area contributed by atoms with Crippen molar-refractivity contribution in [2.24, 2.45) is 0 Å². The number of hydrogen-bond donors (Lipinski definition) is 2. The predicted octanol–water partition coefficient (Wildman–Crippen LogP) is 2.18. The van der Waals surface area contributed by atoms with Gasteiger partial charge in [0.2, 0.25) is 5.91 Å². The molecule has 1 saturated heterocycles. The molecular weight excluding hydrogens is 305 g/mol. The third kappa shape index (κ3) is 3.32. The minimum absolute atomic E-state index is 0.154. The number of aromatic nitrogens is 1. The highest BCUT2D eigenvalue weighted by molar-refractivity contribution is 7.16. The van der Waals surface area contributed by atoms with Crippen LogP contribution in [0.25, 0.3) is 11.3 Å². The molecule has 1 fully saturated rings. The van der Waals surface area contributed by atoms with Crippen LogP contribution in [0.3, 0.4) is 0 Å². The third-order valence-corrected chi connectivity index (χ3v) is 4.27. The molecule has 1 amide bonds. The maximum Gasteiger partial charge on any atom is 0.245 e. The van der Waals surface area contributed by atoms with Crippen LogP contribution in [-0.2, 0) is 9.53 Å². The third-order valence-electron chi connectivity index (χ3n) is 3.38. The molecule has 1 aliphatic heterocycles. The number of nitrogens with zero attached hydrogens (tertiary/aromatic N) is 1. The molecule has 2 aromatic rings. The number of anilines is 1. The van der Waals surface area contributed by atoms with Gasteiger partial charge in [0.05, 0.1) is 18.9 Å². The van der Waals surface area contributed by atoms with Crippen LogP contribution in [0.15, 0.2) is 24.3 Å². The Morgan fingerprint density at radius 2 is 2.23 bits per heavy atom. The summed E-state index contributed by atoms with van der Waals surface area (Å²) in [6.45, 7) is 3.57. The van der Waals surface area contributed by atoms with Gasteiger partial charge in [-0.2, -0.15) is 0 Å². The summed E-state index contributed by atoms with van der Waals surface area (Å²) in [4.78, 5) is 17.5. The van der Waals surface area contributed by atoms with Gasteiger partial charge in [-0.1, -0.05) is 0 Å². The molecule has 5 nitrogen and oxygen atoms in total. The summed E-state index contributed by atoms with van der Waals surface area (Å²) in [6, 6.07) is 5.80. The second-order valence-corrected chi connectivity index (χ2v) is 6.20. The van der Waals surface area contributed by atoms with E-state index in [1.165, 1.54) is 23.5 Å². The molecule has 0 bridgehead atoms. The first-order chi connectivity index (χ1) is 10.6. The fourth-order valence-corrected chi connectivity index (χ4v) is 3.09. The summed E-state index contributed by atoms with van der Waals surface area (Å²) < 4.78 is 18.3. The normalized spacial score (nSPS) is 18.2. The molecule has 3 rings (SSSR count). The van der Waals surface area contributed by atoms with Gasteiger partial charge in [0, 0.05) is 17.0 Å². The van der Waals surface area contributed by atoms with Crippen LogP contribution in [0, 0.1) is 12.7 Å². The Morgan fingerprint density at radius 3 is 2.91 bits per heavy atom. The van der Waals surface area contributed by atoms with E-state index < -0.39 is 0 Å². The standard InChI is InChI=1S/C15H16FN3O2S/c1-9-13(10-2-4-11(16)5-3-10)18-15(22-9)19-14(20)12-8-21-7-6-17-12/h2-5,12,17H,6-8H2,1H3,(H,18,19,20). The van der Waals surface area contributed by atoms with Crippen molar-refractivity contribution in [3.05, 3.63) is 35.0 Å². The lowest BCUT2D eigenvalue weighted by atomic mass is 10.1. The van der Waals surface area contributed by atoms with Crippen LogP contribution in [-0.4, -0.2) is 36.7 Å². The van der Waals surface area contributed by atoms with Crippen molar-refractivity contribution >= 4 is 22.4 Å². The van der Waals surface area contributed by atoms with Gasteiger partial charge in [-0.15, -0.1) is 11.3 Å². The van der Waals surface area contributed by atoms with E-state index in [4.69, 9.17) is 4.74 Å². The Morgan fingerprint density at radius 1 is 1.45 bits per heavy atom. The van der Waals surface area contributed by atoms with Gasteiger partial charge in [-0.25, -0.2) is 9.37 Å². The van der Waals surface area contributed by atoms with Gasteiger partial charge >= 0.3 is 0 Å². The van der Waals surface area contributed by atoms with Crippen LogP contribution in [0.5, 0.6) is 0 Å². The average molecular weight is 321 g/mol. The lowest BCUT2D eigenvalue weighted by molar-refractivity contribution is -0.120. The summed E-state index contributed by atoms with van der Waals surface area (Å²) in [5.41, 5.74) is 1.59. The zero-order valence-corrected chi connectivity index (χ0v) is 12.9. The Kier molecular flexibility index (Phi) is 4.47. The number of morpholine rings is 1. The summed E-state index contributed by atoms with van der Waals surface area (Å²) >= 11 is 1.40. The molecule has 2 N–H and O–H groups in total. The highest BCUT2D eigenvalue weighted by atomic mass is 32.1. The van der Waals surface area contributed by atoms with E-state index in [1.54, 1.807) is 12.1 Å². The molecule has 0 saturated carbocycles. The SMILES string of the molecule is Cc1sc(NC(=O)C2COCCN2)nc1-c1ccc(F)cc1. The van der Waals surface area contributed by atoms with Crippen LogP contribution in [0.4, 0.5) is 9.52 Å². The summed E-state index contributed by atoms with van der Waals surface area (Å²) in [6.07, 6.45) is 0. The molecule has 0 aliphatic carbocycles. The molecule has 0 radical (unpaired) electrons. The Hall–Kier alpha value is -1.83. The molecule has 1 atom stereocenters. The van der Waals surface area contributed by atoms with E-state index in [2.05, 4.69) is 15.6 Å². The molecule has 1 aromatic carbocycles. The number of carbonyl (C=O) groups is 1. The fourth-order valence-electron chi connectivity index (χ4n) is 2.25. The lowest BCUT2D eigenvalue weighted by Gasteiger charge is -2.22. The second kappa shape index (κ2) is 6.51. The number of thiazole rings is 1. The van der Waals surface area contributed by atoms with Gasteiger partial charge in [-0.3, -0.25) is 4.79 Å². The van der Waals surface area contributed by atoms with Crippen molar-refractivity contribution < 1.29 is 13.9 Å². The largest absolute Gasteiger partial charge is 0.378 e. The van der Waals surface area contributed by atoms with Crippen molar-refractivity contribution in [1.82, 2.24) is 10.3 Å². The first kappa shape index (κ1) is 15.1. The summed E-state index contributed by atoms with van der Waals surface area (Å²) in [5.74, 6) is -0.437. The molecule has 2 heterocycles. The lowest BCUT2D eigenvalue weighted by Crippen LogP contribution is -2.48. The molecule has 1 aromatic heterocycles. The summed E-state index contributed by atoms with van der Waals surface area (Å²) in [7, 11) is 0. The maximum absolute atomic E-state index is 13.0. The average Bonchev–Trinajstić information content (AvgIpc) is 2.89. The number of amides is 1. The number of hydrogen-bond acceptors (Lipinski definition) is 5. The maximum atomic E-state index is 13.0. The van der Waals surface area contributed by atoms with Crippen molar-refractivity contribution in [3.63, 3.8) is 0 Å². The zero-order valence-electron chi connectivity index (χ0n) is 12.1. The van der Waals surface area contributed by atoms with E-state index in [0.717, 1.165) is 16.1 Å². The van der Waals surface area contributed by atoms with Gasteiger partial charge in [0.15, 0.2) is 5.13 Å². The number of halogens is 1. The molecule has 22 heavy (non-hydrogen) atoms. The minimum atomic E-state index is -0.354. The van der Waals surface area contributed by atoms with Crippen LogP contribution in [0.1, 0.15) is 4.88 Å². The fraction of sp³-hybridized carbons (Fsp3) is 0.333. The summed E-state index contributed by atoms with van der Waals surface area (Å²) in [5, 5.41) is 6.44. The number of carbonyl (C=O) groups excluding carboxylic acids is 1. The number of nitrogens with one attached hydrogen (secondary N) is 2. The van der Waals surface area contributed by atoms with E-state index in [9.17, 15) is 9.18 Å². The highest BCUT2D eigenvalue weighted by Gasteiger charge is 2.22. The zero-order chi connectivity index (χ0) is 15.5. The van der Waals surface area contributed by atoms with Crippen LogP contribution < -0.4 is 10.6 Å².